The first-order valence-corrected chi connectivity index (χ1v) is 16.3. The van der Waals surface area contributed by atoms with Gasteiger partial charge in [-0.3, -0.25) is 28.8 Å². The molecule has 1 saturated heterocycles. The molecule has 3 heterocycles. The lowest BCUT2D eigenvalue weighted by molar-refractivity contribution is -0.140. The van der Waals surface area contributed by atoms with Gasteiger partial charge in [0.1, 0.15) is 24.2 Å². The molecular formula is C32H45N9O7. The van der Waals surface area contributed by atoms with E-state index in [9.17, 15) is 28.8 Å². The zero-order valence-electron chi connectivity index (χ0n) is 27.4. The predicted octanol–water partition coefficient (Wildman–Crippen LogP) is -0.556. The van der Waals surface area contributed by atoms with Crippen molar-refractivity contribution in [2.45, 2.75) is 89.7 Å². The highest BCUT2D eigenvalue weighted by molar-refractivity contribution is 5.96. The van der Waals surface area contributed by atoms with Crippen LogP contribution in [-0.4, -0.2) is 93.2 Å². The van der Waals surface area contributed by atoms with Gasteiger partial charge in [0.15, 0.2) is 0 Å². The molecule has 1 aromatic heterocycles. The third-order valence-corrected chi connectivity index (χ3v) is 8.25. The molecule has 1 aromatic carbocycles. The summed E-state index contributed by atoms with van der Waals surface area (Å²) in [4.78, 5) is 80.3. The number of rotatable bonds is 6. The Kier molecular flexibility index (Phi) is 13.0. The van der Waals surface area contributed by atoms with Gasteiger partial charge in [0, 0.05) is 19.5 Å². The van der Waals surface area contributed by atoms with Gasteiger partial charge in [0.25, 0.3) is 0 Å². The SMILES string of the molecule is CC(C)C[C@H](NC(=O)[C@@H]1COCc2cnnn2CCCCC(=O)NCC(=O)N2CCC[C@H]2C(=O)N[C@@H](c2ccccc2)C(=O)N1)C(N)=O. The van der Waals surface area contributed by atoms with Gasteiger partial charge < -0.3 is 36.6 Å². The van der Waals surface area contributed by atoms with Crippen LogP contribution in [0.1, 0.15) is 69.7 Å². The van der Waals surface area contributed by atoms with E-state index >= 15 is 0 Å². The molecule has 260 valence electrons. The summed E-state index contributed by atoms with van der Waals surface area (Å²) in [6, 6.07) is 4.12. The second kappa shape index (κ2) is 17.3. The molecule has 6 N–H and O–H groups in total. The first-order valence-electron chi connectivity index (χ1n) is 16.3. The molecule has 6 amide bonds. The smallest absolute Gasteiger partial charge is 0.247 e. The van der Waals surface area contributed by atoms with Crippen molar-refractivity contribution in [3.05, 3.63) is 47.8 Å². The minimum Gasteiger partial charge on any atom is -0.372 e. The molecule has 0 radical (unpaired) electrons. The molecule has 16 nitrogen and oxygen atoms in total. The highest BCUT2D eigenvalue weighted by atomic mass is 16.5. The van der Waals surface area contributed by atoms with Crippen molar-refractivity contribution in [1.82, 2.24) is 41.2 Å². The fourth-order valence-electron chi connectivity index (χ4n) is 5.72. The Morgan fingerprint density at radius 2 is 1.81 bits per heavy atom. The molecule has 0 spiro atoms. The molecule has 0 unspecified atom stereocenters. The maximum atomic E-state index is 13.9. The Labute approximate surface area is 278 Å². The summed E-state index contributed by atoms with van der Waals surface area (Å²) in [7, 11) is 0. The lowest BCUT2D eigenvalue weighted by Crippen LogP contribution is -2.57. The van der Waals surface area contributed by atoms with Gasteiger partial charge in [-0.2, -0.15) is 0 Å². The fourth-order valence-corrected chi connectivity index (χ4v) is 5.72. The molecule has 16 heteroatoms. The Morgan fingerprint density at radius 3 is 2.54 bits per heavy atom. The van der Waals surface area contributed by atoms with Crippen molar-refractivity contribution in [2.75, 3.05) is 19.7 Å². The number of hydrogen-bond donors (Lipinski definition) is 5. The topological polar surface area (TPSA) is 220 Å². The van der Waals surface area contributed by atoms with Crippen LogP contribution >= 0.6 is 0 Å². The van der Waals surface area contributed by atoms with E-state index in [1.54, 1.807) is 35.0 Å². The van der Waals surface area contributed by atoms with Gasteiger partial charge >= 0.3 is 0 Å². The number of benzene rings is 1. The van der Waals surface area contributed by atoms with Gasteiger partial charge in [-0.1, -0.05) is 49.4 Å². The van der Waals surface area contributed by atoms with Gasteiger partial charge in [-0.25, -0.2) is 4.68 Å². The number of carbonyl (C=O) groups excluding carboxylic acids is 6. The first kappa shape index (κ1) is 36.0. The van der Waals surface area contributed by atoms with Crippen molar-refractivity contribution >= 4 is 35.4 Å². The van der Waals surface area contributed by atoms with E-state index in [1.807, 2.05) is 13.8 Å². The summed E-state index contributed by atoms with van der Waals surface area (Å²) in [5.74, 6) is -3.32. The summed E-state index contributed by atoms with van der Waals surface area (Å²) in [6.07, 6.45) is 4.07. The summed E-state index contributed by atoms with van der Waals surface area (Å²) < 4.78 is 7.50. The van der Waals surface area contributed by atoms with Crippen molar-refractivity contribution in [2.24, 2.45) is 11.7 Å². The van der Waals surface area contributed by atoms with Crippen molar-refractivity contribution < 1.29 is 33.5 Å². The summed E-state index contributed by atoms with van der Waals surface area (Å²) in [6.45, 7) is 3.98. The number of amides is 6. The van der Waals surface area contributed by atoms with E-state index in [2.05, 4.69) is 31.6 Å². The number of nitrogens with zero attached hydrogens (tertiary/aromatic N) is 4. The molecule has 0 aliphatic carbocycles. The molecule has 4 rings (SSSR count). The van der Waals surface area contributed by atoms with Crippen LogP contribution in [0.2, 0.25) is 0 Å². The van der Waals surface area contributed by atoms with Crippen LogP contribution < -0.4 is 27.0 Å². The average molecular weight is 668 g/mol. The molecule has 48 heavy (non-hydrogen) atoms. The second-order valence-electron chi connectivity index (χ2n) is 12.4. The lowest BCUT2D eigenvalue weighted by atomic mass is 10.0. The number of carbonyl (C=O) groups is 6. The summed E-state index contributed by atoms with van der Waals surface area (Å²) in [5, 5.41) is 18.8. The van der Waals surface area contributed by atoms with Crippen LogP contribution in [0.25, 0.3) is 0 Å². The van der Waals surface area contributed by atoms with Crippen molar-refractivity contribution in [3.63, 3.8) is 0 Å². The van der Waals surface area contributed by atoms with Crippen molar-refractivity contribution in [1.29, 1.82) is 0 Å². The third-order valence-electron chi connectivity index (χ3n) is 8.25. The number of aryl methyl sites for hydroxylation is 1. The molecule has 0 bridgehead atoms. The zero-order chi connectivity index (χ0) is 34.6. The number of ether oxygens (including phenoxy) is 1. The van der Waals surface area contributed by atoms with E-state index in [0.29, 0.717) is 50.0 Å². The van der Waals surface area contributed by atoms with Crippen LogP contribution in [0, 0.1) is 5.92 Å². The highest BCUT2D eigenvalue weighted by Gasteiger charge is 2.37. The van der Waals surface area contributed by atoms with Crippen LogP contribution in [0.15, 0.2) is 36.5 Å². The maximum absolute atomic E-state index is 13.9. The van der Waals surface area contributed by atoms with Crippen LogP contribution in [0.4, 0.5) is 0 Å². The lowest BCUT2D eigenvalue weighted by Gasteiger charge is -2.28. The highest BCUT2D eigenvalue weighted by Crippen LogP contribution is 2.20. The Morgan fingerprint density at radius 1 is 1.04 bits per heavy atom. The van der Waals surface area contributed by atoms with E-state index in [1.165, 1.54) is 11.1 Å². The van der Waals surface area contributed by atoms with Gasteiger partial charge in [-0.15, -0.1) is 5.10 Å². The molecular weight excluding hydrogens is 622 g/mol. The van der Waals surface area contributed by atoms with Crippen molar-refractivity contribution in [3.8, 4) is 0 Å². The second-order valence-corrected chi connectivity index (χ2v) is 12.4. The predicted molar refractivity (Wildman–Crippen MR) is 171 cm³/mol. The quantitative estimate of drug-likeness (QED) is 0.266. The monoisotopic (exact) mass is 667 g/mol. The summed E-state index contributed by atoms with van der Waals surface area (Å²) >= 11 is 0. The molecule has 4 atom stereocenters. The third kappa shape index (κ3) is 10.1. The van der Waals surface area contributed by atoms with Gasteiger partial charge in [-0.05, 0) is 43.6 Å². The normalized spacial score (nSPS) is 22.7. The Balaban J connectivity index is 1.62. The van der Waals surface area contributed by atoms with Crippen LogP contribution in [0.5, 0.6) is 0 Å². The number of fused-ring (bicyclic) bond motifs is 2. The van der Waals surface area contributed by atoms with Crippen LogP contribution in [-0.2, 0) is 46.7 Å². The zero-order valence-corrected chi connectivity index (χ0v) is 27.4. The standard InChI is InChI=1S/C32H45N9O7/c1-20(2)15-23(29(33)44)36-30(45)24-19-48-18-22-16-35-39-41(22)14-7-6-12-26(42)34-17-27(43)40-13-8-11-25(40)31(46)38-28(32(47)37-24)21-9-4-3-5-10-21/h3-5,9-10,16,20,23-25,28H,6-8,11-15,17-19H2,1-2H3,(H2,33,44)(H,34,42)(H,36,45)(H,37,47)(H,38,46)/t23-,24-,25-,28-/m0/s1. The van der Waals surface area contributed by atoms with E-state index in [-0.39, 0.29) is 44.4 Å². The molecule has 0 saturated carbocycles. The number of nitrogens with one attached hydrogen (secondary N) is 4. The van der Waals surface area contributed by atoms with Gasteiger partial charge in [0.05, 0.1) is 31.6 Å². The number of aromatic nitrogens is 3. The average Bonchev–Trinajstić information content (AvgIpc) is 3.73. The summed E-state index contributed by atoms with van der Waals surface area (Å²) in [5.41, 5.74) is 6.61. The molecule has 1 fully saturated rings. The van der Waals surface area contributed by atoms with Crippen LogP contribution in [0.3, 0.4) is 0 Å². The Hall–Kier alpha value is -4.86. The number of hydrogen-bond acceptors (Lipinski definition) is 9. The van der Waals surface area contributed by atoms with Gasteiger partial charge in [0.2, 0.25) is 35.4 Å². The van der Waals surface area contributed by atoms with E-state index < -0.39 is 53.7 Å². The molecule has 2 aromatic rings. The number of primary amides is 1. The molecule has 2 aliphatic heterocycles. The van der Waals surface area contributed by atoms with E-state index in [4.69, 9.17) is 10.5 Å². The fraction of sp³-hybridized carbons (Fsp3) is 0.562. The van der Waals surface area contributed by atoms with E-state index in [0.717, 1.165) is 0 Å². The first-order chi connectivity index (χ1) is 23.0. The molecule has 2 aliphatic rings. The Bertz CT molecular complexity index is 1450. The minimum absolute atomic E-state index is 0.00312. The minimum atomic E-state index is -1.28. The maximum Gasteiger partial charge on any atom is 0.247 e. The largest absolute Gasteiger partial charge is 0.372 e. The number of nitrogens with two attached hydrogens (primary N) is 1.